The summed E-state index contributed by atoms with van der Waals surface area (Å²) >= 11 is 0. The second kappa shape index (κ2) is 9.54. The lowest BCUT2D eigenvalue weighted by molar-refractivity contribution is 0.337. The van der Waals surface area contributed by atoms with Gasteiger partial charge in [0.25, 0.3) is 0 Å². The highest BCUT2D eigenvalue weighted by atomic mass is 15.4. The fourth-order valence-electron chi connectivity index (χ4n) is 5.06. The maximum atomic E-state index is 5.42. The molecule has 2 heterocycles. The molecule has 4 rings (SSSR count). The summed E-state index contributed by atoms with van der Waals surface area (Å²) in [5.74, 6) is 2.01. The molecule has 0 aromatic heterocycles. The molecule has 0 N–H and O–H groups in total. The third kappa shape index (κ3) is 5.84. The molecule has 0 fully saturated rings. The first-order valence-corrected chi connectivity index (χ1v) is 14.3. The summed E-state index contributed by atoms with van der Waals surface area (Å²) in [5.41, 5.74) is 5.36. The Balaban J connectivity index is 1.85. The predicted molar refractivity (Wildman–Crippen MR) is 166 cm³/mol. The fraction of sp³-hybridized carbons (Fsp3) is 0.588. The van der Waals surface area contributed by atoms with Gasteiger partial charge in [-0.3, -0.25) is 9.98 Å². The average Bonchev–Trinajstić information content (AvgIpc) is 3.43. The fourth-order valence-corrected chi connectivity index (χ4v) is 5.06. The van der Waals surface area contributed by atoms with Gasteiger partial charge in [-0.1, -0.05) is 107 Å². The third-order valence-corrected chi connectivity index (χ3v) is 8.03. The summed E-state index contributed by atoms with van der Waals surface area (Å²) in [5, 5.41) is 0. The van der Waals surface area contributed by atoms with E-state index in [-0.39, 0.29) is 33.7 Å². The molecule has 0 amide bonds. The molecule has 4 heteroatoms. The Morgan fingerprint density at radius 2 is 0.895 bits per heavy atom. The number of amidine groups is 2. The van der Waals surface area contributed by atoms with E-state index in [1.807, 2.05) is 0 Å². The number of anilines is 2. The van der Waals surface area contributed by atoms with Crippen molar-refractivity contribution in [2.24, 2.45) is 20.8 Å². The van der Waals surface area contributed by atoms with E-state index in [0.717, 1.165) is 24.8 Å². The molecule has 2 aromatic carbocycles. The van der Waals surface area contributed by atoms with Crippen LogP contribution in [0.2, 0.25) is 0 Å². The number of hydrogen-bond donors (Lipinski definition) is 0. The van der Waals surface area contributed by atoms with Crippen LogP contribution in [-0.4, -0.2) is 36.8 Å². The van der Waals surface area contributed by atoms with Crippen LogP contribution in [0.5, 0.6) is 0 Å². The molecule has 38 heavy (non-hydrogen) atoms. The van der Waals surface area contributed by atoms with E-state index in [4.69, 9.17) is 9.98 Å². The molecule has 2 aromatic rings. The SMILES string of the molecule is CC(C)(C)c1cccc(N2C[C@@H](C(C)(C)C)N=C2C2=N[C@H](C(C)(C)C)CN2c2cccc(C(C)(C)C)c2)c1. The van der Waals surface area contributed by atoms with Crippen molar-refractivity contribution >= 4 is 23.0 Å². The summed E-state index contributed by atoms with van der Waals surface area (Å²) < 4.78 is 0. The van der Waals surface area contributed by atoms with Crippen molar-refractivity contribution in [3.63, 3.8) is 0 Å². The van der Waals surface area contributed by atoms with Crippen LogP contribution in [0, 0.1) is 10.8 Å². The number of rotatable bonds is 3. The quantitative estimate of drug-likeness (QED) is 0.413. The monoisotopic (exact) mass is 514 g/mol. The minimum absolute atomic E-state index is 0.0568. The van der Waals surface area contributed by atoms with Gasteiger partial charge in [0.05, 0.1) is 12.1 Å². The van der Waals surface area contributed by atoms with E-state index in [1.54, 1.807) is 0 Å². The Labute approximate surface area is 232 Å². The molecule has 0 unspecified atom stereocenters. The van der Waals surface area contributed by atoms with Gasteiger partial charge < -0.3 is 9.80 Å². The Morgan fingerprint density at radius 3 is 1.18 bits per heavy atom. The van der Waals surface area contributed by atoms with Crippen molar-refractivity contribution < 1.29 is 0 Å². The van der Waals surface area contributed by atoms with Crippen LogP contribution >= 0.6 is 0 Å². The Kier molecular flexibility index (Phi) is 7.12. The highest BCUT2D eigenvalue weighted by Crippen LogP contribution is 2.37. The standard InChI is InChI=1S/C34H50N4/c1-31(2,3)23-15-13-17-25(19-23)37-21-27(33(7,8)9)35-29(37)30-36-28(34(10,11)12)22-38(30)26-18-14-16-24(20-26)32(4,5)6/h13-20,27-28H,21-22H2,1-12H3/t27-,28-/m0/s1. The predicted octanol–water partition coefficient (Wildman–Crippen LogP) is 8.25. The minimum atomic E-state index is 0.0568. The molecular formula is C34H50N4. The van der Waals surface area contributed by atoms with E-state index < -0.39 is 0 Å². The van der Waals surface area contributed by atoms with E-state index in [1.165, 1.54) is 22.5 Å². The van der Waals surface area contributed by atoms with Crippen molar-refractivity contribution in [1.82, 2.24) is 0 Å². The minimum Gasteiger partial charge on any atom is -0.321 e. The van der Waals surface area contributed by atoms with Gasteiger partial charge in [0.2, 0.25) is 0 Å². The zero-order valence-electron chi connectivity index (χ0n) is 26.0. The molecule has 2 atom stereocenters. The second-order valence-electron chi connectivity index (χ2n) is 15.5. The van der Waals surface area contributed by atoms with E-state index in [0.29, 0.717) is 0 Å². The summed E-state index contributed by atoms with van der Waals surface area (Å²) in [7, 11) is 0. The van der Waals surface area contributed by atoms with Crippen LogP contribution in [0.25, 0.3) is 0 Å². The molecular weight excluding hydrogens is 464 g/mol. The molecule has 2 aliphatic rings. The molecule has 0 spiro atoms. The smallest absolute Gasteiger partial charge is 0.172 e. The van der Waals surface area contributed by atoms with E-state index in [2.05, 4.69) is 141 Å². The molecule has 0 aliphatic carbocycles. The van der Waals surface area contributed by atoms with Crippen molar-refractivity contribution in [1.29, 1.82) is 0 Å². The molecule has 0 saturated heterocycles. The van der Waals surface area contributed by atoms with Crippen molar-refractivity contribution in [3.05, 3.63) is 59.7 Å². The van der Waals surface area contributed by atoms with Crippen LogP contribution in [0.4, 0.5) is 11.4 Å². The van der Waals surface area contributed by atoms with Gasteiger partial charge in [0, 0.05) is 24.5 Å². The van der Waals surface area contributed by atoms with Crippen molar-refractivity contribution in [3.8, 4) is 0 Å². The lowest BCUT2D eigenvalue weighted by atomic mass is 9.86. The van der Waals surface area contributed by atoms with Crippen molar-refractivity contribution in [2.75, 3.05) is 22.9 Å². The van der Waals surface area contributed by atoms with Gasteiger partial charge in [0.1, 0.15) is 0 Å². The topological polar surface area (TPSA) is 31.2 Å². The molecule has 0 bridgehead atoms. The maximum Gasteiger partial charge on any atom is 0.172 e. The first-order valence-electron chi connectivity index (χ1n) is 14.3. The van der Waals surface area contributed by atoms with Crippen LogP contribution in [0.3, 0.4) is 0 Å². The summed E-state index contributed by atoms with van der Waals surface area (Å²) in [6.45, 7) is 29.2. The average molecular weight is 515 g/mol. The zero-order valence-corrected chi connectivity index (χ0v) is 26.0. The zero-order chi connectivity index (χ0) is 28.3. The second-order valence-corrected chi connectivity index (χ2v) is 15.5. The molecule has 0 saturated carbocycles. The molecule has 2 aliphatic heterocycles. The van der Waals surface area contributed by atoms with Crippen molar-refractivity contribution in [2.45, 2.75) is 106 Å². The van der Waals surface area contributed by atoms with E-state index >= 15 is 0 Å². The van der Waals surface area contributed by atoms with Gasteiger partial charge >= 0.3 is 0 Å². The number of hydrogen-bond acceptors (Lipinski definition) is 4. The number of nitrogens with zero attached hydrogens (tertiary/aromatic N) is 4. The van der Waals surface area contributed by atoms with Gasteiger partial charge in [0.15, 0.2) is 11.7 Å². The van der Waals surface area contributed by atoms with Crippen LogP contribution in [0.15, 0.2) is 58.5 Å². The summed E-state index contributed by atoms with van der Waals surface area (Å²) in [4.78, 5) is 15.7. The molecule has 4 nitrogen and oxygen atoms in total. The van der Waals surface area contributed by atoms with Gasteiger partial charge in [-0.2, -0.15) is 0 Å². The van der Waals surface area contributed by atoms with Crippen LogP contribution in [0.1, 0.15) is 94.2 Å². The lowest BCUT2D eigenvalue weighted by Crippen LogP contribution is -2.43. The van der Waals surface area contributed by atoms with Crippen LogP contribution < -0.4 is 9.80 Å². The largest absolute Gasteiger partial charge is 0.321 e. The Bertz CT molecular complexity index is 1130. The normalized spacial score (nSPS) is 21.2. The Morgan fingerprint density at radius 1 is 0.553 bits per heavy atom. The lowest BCUT2D eigenvalue weighted by Gasteiger charge is -2.30. The first-order chi connectivity index (χ1) is 17.4. The van der Waals surface area contributed by atoms with Gasteiger partial charge in [-0.15, -0.1) is 0 Å². The van der Waals surface area contributed by atoms with Gasteiger partial charge in [-0.05, 0) is 57.1 Å². The van der Waals surface area contributed by atoms with Crippen LogP contribution in [-0.2, 0) is 10.8 Å². The molecule has 0 radical (unpaired) electrons. The number of benzene rings is 2. The highest BCUT2D eigenvalue weighted by Gasteiger charge is 2.42. The highest BCUT2D eigenvalue weighted by molar-refractivity contribution is 6.50. The maximum absolute atomic E-state index is 5.42. The third-order valence-electron chi connectivity index (χ3n) is 8.03. The van der Waals surface area contributed by atoms with E-state index in [9.17, 15) is 0 Å². The first kappa shape index (κ1) is 28.4. The summed E-state index contributed by atoms with van der Waals surface area (Å²) in [6.07, 6.45) is 0. The summed E-state index contributed by atoms with van der Waals surface area (Å²) in [6, 6.07) is 18.4. The molecule has 206 valence electrons. The Hall–Kier alpha value is -2.62. The number of aliphatic imine (C=N–C) groups is 2. The van der Waals surface area contributed by atoms with Gasteiger partial charge in [-0.25, -0.2) is 0 Å².